The van der Waals surface area contributed by atoms with Crippen LogP contribution >= 0.6 is 0 Å². The Bertz CT molecular complexity index is 801. The van der Waals surface area contributed by atoms with Gasteiger partial charge in [0, 0.05) is 0 Å². The van der Waals surface area contributed by atoms with Gasteiger partial charge in [-0.1, -0.05) is 34.6 Å². The summed E-state index contributed by atoms with van der Waals surface area (Å²) in [7, 11) is 0. The van der Waals surface area contributed by atoms with Crippen molar-refractivity contribution in [2.24, 2.45) is 45.3 Å². The van der Waals surface area contributed by atoms with Crippen molar-refractivity contribution in [1.29, 1.82) is 0 Å². The van der Waals surface area contributed by atoms with Crippen molar-refractivity contribution in [3.63, 3.8) is 0 Å². The van der Waals surface area contributed by atoms with Crippen molar-refractivity contribution in [1.82, 2.24) is 0 Å². The fourth-order valence-corrected chi connectivity index (χ4v) is 10.7. The molecule has 5 N–H and O–H groups in total. The minimum absolute atomic E-state index is 0.00423. The van der Waals surface area contributed by atoms with Crippen LogP contribution in [0.2, 0.25) is 0 Å². The molecule has 0 aliphatic heterocycles. The van der Waals surface area contributed by atoms with E-state index in [9.17, 15) is 25.5 Å². The van der Waals surface area contributed by atoms with Crippen molar-refractivity contribution in [2.75, 3.05) is 0 Å². The van der Waals surface area contributed by atoms with Crippen LogP contribution in [0.3, 0.4) is 0 Å². The first-order valence-electron chi connectivity index (χ1n) is 14.3. The third kappa shape index (κ3) is 4.06. The molecule has 5 heteroatoms. The Hall–Kier alpha value is -0.200. The lowest BCUT2D eigenvalue weighted by molar-refractivity contribution is -0.274. The minimum Gasteiger partial charge on any atom is -0.393 e. The molecular formula is C30H54O5. The van der Waals surface area contributed by atoms with Crippen LogP contribution in [-0.2, 0) is 0 Å². The molecule has 4 fully saturated rings. The van der Waals surface area contributed by atoms with Crippen LogP contribution in [-0.4, -0.2) is 55.0 Å². The van der Waals surface area contributed by atoms with E-state index in [2.05, 4.69) is 34.6 Å². The van der Waals surface area contributed by atoms with E-state index >= 15 is 0 Å². The van der Waals surface area contributed by atoms with Gasteiger partial charge in [-0.3, -0.25) is 0 Å². The van der Waals surface area contributed by atoms with Crippen molar-refractivity contribution in [2.45, 2.75) is 143 Å². The van der Waals surface area contributed by atoms with E-state index in [1.807, 2.05) is 20.8 Å². The Morgan fingerprint density at radius 1 is 0.800 bits per heavy atom. The number of aliphatic hydroxyl groups is 5. The molecule has 11 unspecified atom stereocenters. The summed E-state index contributed by atoms with van der Waals surface area (Å²) in [5, 5.41) is 56.2. The van der Waals surface area contributed by atoms with Gasteiger partial charge in [-0.25, -0.2) is 0 Å². The first-order valence-corrected chi connectivity index (χ1v) is 14.3. The van der Waals surface area contributed by atoms with Crippen LogP contribution in [0.5, 0.6) is 0 Å². The van der Waals surface area contributed by atoms with Crippen molar-refractivity contribution < 1.29 is 25.5 Å². The van der Waals surface area contributed by atoms with E-state index in [0.717, 1.165) is 32.1 Å². The zero-order chi connectivity index (χ0) is 26.4. The standard InChI is InChI=1S/C30H54O5/c1-25(2,34)12-9-13-30(8,35)18-10-15-28(6)23(18)19(31)16-21-27(5)14-11-22(33)26(3,4)24(27)20(32)17-29(21,28)7/h18-24,31-35H,9-17H2,1-8H3. The molecule has 0 bridgehead atoms. The lowest BCUT2D eigenvalue weighted by Crippen LogP contribution is -2.69. The topological polar surface area (TPSA) is 101 Å². The normalized spacial score (nSPS) is 51.2. The number of hydrogen-bond donors (Lipinski definition) is 5. The quantitative estimate of drug-likeness (QED) is 0.382. The van der Waals surface area contributed by atoms with Gasteiger partial charge in [-0.2, -0.15) is 0 Å². The van der Waals surface area contributed by atoms with Gasteiger partial charge in [0.05, 0.1) is 29.5 Å². The fraction of sp³-hybridized carbons (Fsp3) is 1.00. The molecule has 4 aliphatic carbocycles. The second kappa shape index (κ2) is 8.40. The Labute approximate surface area is 213 Å². The van der Waals surface area contributed by atoms with Crippen molar-refractivity contribution in [3.05, 3.63) is 0 Å². The summed E-state index contributed by atoms with van der Waals surface area (Å²) < 4.78 is 0. The molecule has 0 saturated heterocycles. The van der Waals surface area contributed by atoms with Gasteiger partial charge < -0.3 is 25.5 Å². The molecule has 204 valence electrons. The maximum atomic E-state index is 11.8. The predicted molar refractivity (Wildman–Crippen MR) is 139 cm³/mol. The third-order valence-electron chi connectivity index (χ3n) is 12.5. The van der Waals surface area contributed by atoms with E-state index < -0.39 is 29.5 Å². The molecule has 4 saturated carbocycles. The van der Waals surface area contributed by atoms with E-state index in [4.69, 9.17) is 0 Å². The largest absolute Gasteiger partial charge is 0.393 e. The van der Waals surface area contributed by atoms with Crippen LogP contribution in [0.1, 0.15) is 113 Å². The van der Waals surface area contributed by atoms with Gasteiger partial charge in [0.2, 0.25) is 0 Å². The summed E-state index contributed by atoms with van der Waals surface area (Å²) in [5.74, 6) is 0.279. The minimum atomic E-state index is -0.894. The highest BCUT2D eigenvalue weighted by atomic mass is 16.3. The monoisotopic (exact) mass is 494 g/mol. The molecule has 0 aromatic carbocycles. The average molecular weight is 495 g/mol. The smallest absolute Gasteiger partial charge is 0.0651 e. The van der Waals surface area contributed by atoms with Gasteiger partial charge in [0.1, 0.15) is 0 Å². The predicted octanol–water partition coefficient (Wildman–Crippen LogP) is 4.67. The summed E-state index contributed by atoms with van der Waals surface area (Å²) in [6.07, 6.45) is 5.51. The molecule has 0 spiro atoms. The number of aliphatic hydroxyl groups excluding tert-OH is 3. The number of fused-ring (bicyclic) bond motifs is 5. The van der Waals surface area contributed by atoms with Crippen molar-refractivity contribution >= 4 is 0 Å². The molecule has 0 aromatic rings. The second-order valence-corrected chi connectivity index (χ2v) is 15.5. The number of hydrogen-bond acceptors (Lipinski definition) is 5. The zero-order valence-electron chi connectivity index (χ0n) is 23.6. The molecule has 5 nitrogen and oxygen atoms in total. The average Bonchev–Trinajstić information content (AvgIpc) is 3.07. The van der Waals surface area contributed by atoms with E-state index in [0.29, 0.717) is 25.7 Å². The molecule has 4 aliphatic rings. The van der Waals surface area contributed by atoms with Crippen LogP contribution in [0.15, 0.2) is 0 Å². The van der Waals surface area contributed by atoms with Crippen LogP contribution < -0.4 is 0 Å². The summed E-state index contributed by atoms with van der Waals surface area (Å²) in [4.78, 5) is 0. The van der Waals surface area contributed by atoms with Crippen LogP contribution in [0.25, 0.3) is 0 Å². The summed E-state index contributed by atoms with van der Waals surface area (Å²) in [5.41, 5.74) is -2.45. The highest BCUT2D eigenvalue weighted by Crippen LogP contribution is 2.75. The zero-order valence-corrected chi connectivity index (χ0v) is 23.6. The Balaban J connectivity index is 1.66. The maximum Gasteiger partial charge on any atom is 0.0651 e. The molecule has 0 radical (unpaired) electrons. The Morgan fingerprint density at radius 2 is 1.43 bits per heavy atom. The molecule has 4 rings (SSSR count). The Morgan fingerprint density at radius 3 is 2.03 bits per heavy atom. The van der Waals surface area contributed by atoms with Gasteiger partial charge >= 0.3 is 0 Å². The van der Waals surface area contributed by atoms with E-state index in [-0.39, 0.29) is 45.3 Å². The molecule has 35 heavy (non-hydrogen) atoms. The van der Waals surface area contributed by atoms with Crippen LogP contribution in [0, 0.1) is 45.3 Å². The first-order chi connectivity index (χ1) is 15.8. The summed E-state index contributed by atoms with van der Waals surface area (Å²) in [6.45, 7) is 16.8. The molecule has 0 heterocycles. The van der Waals surface area contributed by atoms with Crippen molar-refractivity contribution in [3.8, 4) is 0 Å². The summed E-state index contributed by atoms with van der Waals surface area (Å²) in [6, 6.07) is 0. The van der Waals surface area contributed by atoms with Gasteiger partial charge in [-0.15, -0.1) is 0 Å². The third-order valence-corrected chi connectivity index (χ3v) is 12.5. The highest BCUT2D eigenvalue weighted by molar-refractivity contribution is 5.21. The van der Waals surface area contributed by atoms with E-state index in [1.165, 1.54) is 0 Å². The van der Waals surface area contributed by atoms with Crippen LogP contribution in [0.4, 0.5) is 0 Å². The first kappa shape index (κ1) is 27.8. The SMILES string of the molecule is CC(C)(O)CCCC(C)(O)C1CCC2(C)C1C(O)CC1C3(C)CCC(O)C(C)(C)C3C(O)CC12C. The molecule has 0 aromatic heterocycles. The fourth-order valence-electron chi connectivity index (χ4n) is 10.7. The van der Waals surface area contributed by atoms with E-state index in [1.54, 1.807) is 0 Å². The molecular weight excluding hydrogens is 440 g/mol. The van der Waals surface area contributed by atoms with Gasteiger partial charge in [-0.05, 0) is 124 Å². The maximum absolute atomic E-state index is 11.8. The van der Waals surface area contributed by atoms with Gasteiger partial charge in [0.15, 0.2) is 0 Å². The van der Waals surface area contributed by atoms with Gasteiger partial charge in [0.25, 0.3) is 0 Å². The second-order valence-electron chi connectivity index (χ2n) is 15.5. The molecule has 0 amide bonds. The lowest BCUT2D eigenvalue weighted by atomic mass is 9.34. The molecule has 11 atom stereocenters. The lowest BCUT2D eigenvalue weighted by Gasteiger charge is -2.71. The summed E-state index contributed by atoms with van der Waals surface area (Å²) >= 11 is 0. The Kier molecular flexibility index (Phi) is 6.68. The number of rotatable bonds is 5. The highest BCUT2D eigenvalue weighted by Gasteiger charge is 2.72.